The number of nitro benzene ring substituents is 1. The van der Waals surface area contributed by atoms with E-state index in [1.165, 1.54) is 12.1 Å². The van der Waals surface area contributed by atoms with Gasteiger partial charge in [-0.2, -0.15) is 0 Å². The van der Waals surface area contributed by atoms with Crippen molar-refractivity contribution in [3.63, 3.8) is 0 Å². The molecule has 33 heavy (non-hydrogen) atoms. The van der Waals surface area contributed by atoms with E-state index < -0.39 is 4.92 Å². The largest absolute Gasteiger partial charge is 0.371 e. The average molecular weight is 453 g/mol. The topological polar surface area (TPSA) is 105 Å². The van der Waals surface area contributed by atoms with Gasteiger partial charge in [0, 0.05) is 43.4 Å². The second-order valence-corrected chi connectivity index (χ2v) is 8.81. The smallest absolute Gasteiger partial charge is 0.270 e. The van der Waals surface area contributed by atoms with Crippen LogP contribution in [0.15, 0.2) is 42.5 Å². The van der Waals surface area contributed by atoms with Crippen molar-refractivity contribution in [1.82, 2.24) is 5.32 Å². The number of nitrogens with zero attached hydrogens (tertiary/aromatic N) is 2. The molecule has 0 saturated carbocycles. The van der Waals surface area contributed by atoms with E-state index in [1.807, 2.05) is 38.1 Å². The van der Waals surface area contributed by atoms with Crippen LogP contribution in [0.1, 0.15) is 56.0 Å². The van der Waals surface area contributed by atoms with Crippen molar-refractivity contribution in [3.8, 4) is 0 Å². The minimum atomic E-state index is -0.484. The molecule has 2 amide bonds. The monoisotopic (exact) mass is 452 g/mol. The number of benzene rings is 2. The Morgan fingerprint density at radius 1 is 1.18 bits per heavy atom. The van der Waals surface area contributed by atoms with E-state index in [1.54, 1.807) is 6.07 Å². The summed E-state index contributed by atoms with van der Waals surface area (Å²) in [5.41, 5.74) is 2.41. The zero-order valence-corrected chi connectivity index (χ0v) is 19.5. The third-order valence-corrected chi connectivity index (χ3v) is 6.27. The molecular weight excluding hydrogens is 420 g/mol. The number of piperidine rings is 1. The van der Waals surface area contributed by atoms with Crippen molar-refractivity contribution in [2.24, 2.45) is 11.8 Å². The van der Waals surface area contributed by atoms with E-state index in [-0.39, 0.29) is 30.0 Å². The number of rotatable bonds is 8. The lowest BCUT2D eigenvalue weighted by Crippen LogP contribution is -2.35. The van der Waals surface area contributed by atoms with Gasteiger partial charge in [0.25, 0.3) is 11.6 Å². The van der Waals surface area contributed by atoms with E-state index in [0.717, 1.165) is 43.6 Å². The van der Waals surface area contributed by atoms with Gasteiger partial charge in [-0.3, -0.25) is 19.7 Å². The van der Waals surface area contributed by atoms with Gasteiger partial charge in [0.2, 0.25) is 5.91 Å². The molecule has 0 radical (unpaired) electrons. The van der Waals surface area contributed by atoms with Gasteiger partial charge in [-0.05, 0) is 48.9 Å². The molecule has 176 valence electrons. The zero-order chi connectivity index (χ0) is 24.0. The minimum Gasteiger partial charge on any atom is -0.371 e. The van der Waals surface area contributed by atoms with Crippen LogP contribution in [0, 0.1) is 22.0 Å². The van der Waals surface area contributed by atoms with Crippen LogP contribution in [0.5, 0.6) is 0 Å². The molecule has 1 atom stereocenters. The molecule has 0 aromatic heterocycles. The van der Waals surface area contributed by atoms with Crippen LogP contribution in [-0.2, 0) is 11.3 Å². The highest BCUT2D eigenvalue weighted by Crippen LogP contribution is 2.29. The molecule has 1 unspecified atom stereocenters. The Labute approximate surface area is 194 Å². The van der Waals surface area contributed by atoms with Crippen molar-refractivity contribution in [2.45, 2.75) is 46.6 Å². The highest BCUT2D eigenvalue weighted by molar-refractivity contribution is 6.00. The Bertz CT molecular complexity index is 1020. The maximum absolute atomic E-state index is 13.1. The first-order valence-corrected chi connectivity index (χ1v) is 11.5. The van der Waals surface area contributed by atoms with Crippen molar-refractivity contribution in [2.75, 3.05) is 23.3 Å². The fourth-order valence-corrected chi connectivity index (χ4v) is 3.83. The lowest BCUT2D eigenvalue weighted by Gasteiger charge is -2.33. The SMILES string of the molecule is CCC(C)C(=O)Nc1cccc(CNC(=O)c2cc([N+](=O)[O-])ccc2N2CCC(C)CC2)c1. The predicted octanol–water partition coefficient (Wildman–Crippen LogP) is 4.75. The van der Waals surface area contributed by atoms with Crippen LogP contribution < -0.4 is 15.5 Å². The number of amides is 2. The molecule has 3 rings (SSSR count). The van der Waals surface area contributed by atoms with Crippen molar-refractivity contribution >= 4 is 28.9 Å². The van der Waals surface area contributed by atoms with Crippen molar-refractivity contribution in [1.29, 1.82) is 0 Å². The molecule has 2 N–H and O–H groups in total. The summed E-state index contributed by atoms with van der Waals surface area (Å²) in [7, 11) is 0. The molecule has 1 heterocycles. The predicted molar refractivity (Wildman–Crippen MR) is 129 cm³/mol. The summed E-state index contributed by atoms with van der Waals surface area (Å²) < 4.78 is 0. The molecule has 8 heteroatoms. The minimum absolute atomic E-state index is 0.0456. The number of non-ortho nitro benzene ring substituents is 1. The number of carbonyl (C=O) groups excluding carboxylic acids is 2. The number of carbonyl (C=O) groups is 2. The standard InChI is InChI=1S/C25H32N4O4/c1-4-18(3)24(30)27-20-7-5-6-19(14-20)16-26-25(31)22-15-21(29(32)33)8-9-23(22)28-12-10-17(2)11-13-28/h5-9,14-15,17-18H,4,10-13,16H2,1-3H3,(H,26,31)(H,27,30). The van der Waals surface area contributed by atoms with E-state index in [0.29, 0.717) is 17.2 Å². The summed E-state index contributed by atoms with van der Waals surface area (Å²) in [6, 6.07) is 11.8. The molecule has 1 aliphatic rings. The lowest BCUT2D eigenvalue weighted by molar-refractivity contribution is -0.384. The molecule has 0 aliphatic carbocycles. The highest BCUT2D eigenvalue weighted by atomic mass is 16.6. The van der Waals surface area contributed by atoms with Crippen LogP contribution >= 0.6 is 0 Å². The van der Waals surface area contributed by atoms with Crippen LogP contribution in [-0.4, -0.2) is 29.8 Å². The van der Waals surface area contributed by atoms with E-state index in [2.05, 4.69) is 22.5 Å². The first-order chi connectivity index (χ1) is 15.8. The summed E-state index contributed by atoms with van der Waals surface area (Å²) in [5.74, 6) is 0.139. The lowest BCUT2D eigenvalue weighted by atomic mass is 9.98. The molecule has 0 bridgehead atoms. The molecule has 0 spiro atoms. The average Bonchev–Trinajstić information content (AvgIpc) is 2.82. The second-order valence-electron chi connectivity index (χ2n) is 8.81. The van der Waals surface area contributed by atoms with Gasteiger partial charge in [-0.25, -0.2) is 0 Å². The zero-order valence-electron chi connectivity index (χ0n) is 19.5. The first-order valence-electron chi connectivity index (χ1n) is 11.5. The third kappa shape index (κ3) is 6.31. The molecule has 8 nitrogen and oxygen atoms in total. The number of hydrogen-bond donors (Lipinski definition) is 2. The number of anilines is 2. The van der Waals surface area contributed by atoms with Gasteiger partial charge in [0.15, 0.2) is 0 Å². The fraction of sp³-hybridized carbons (Fsp3) is 0.440. The van der Waals surface area contributed by atoms with E-state index >= 15 is 0 Å². The van der Waals surface area contributed by atoms with E-state index in [9.17, 15) is 19.7 Å². The highest BCUT2D eigenvalue weighted by Gasteiger charge is 2.23. The Morgan fingerprint density at radius 3 is 2.58 bits per heavy atom. The number of hydrogen-bond acceptors (Lipinski definition) is 5. The Morgan fingerprint density at radius 2 is 1.91 bits per heavy atom. The Kier molecular flexibility index (Phi) is 8.03. The summed E-state index contributed by atoms with van der Waals surface area (Å²) in [4.78, 5) is 38.2. The van der Waals surface area contributed by atoms with E-state index in [4.69, 9.17) is 0 Å². The van der Waals surface area contributed by atoms with Gasteiger partial charge >= 0.3 is 0 Å². The third-order valence-electron chi connectivity index (χ3n) is 6.27. The Hall–Kier alpha value is -3.42. The molecule has 2 aromatic carbocycles. The van der Waals surface area contributed by atoms with Gasteiger partial charge < -0.3 is 15.5 Å². The summed E-state index contributed by atoms with van der Waals surface area (Å²) in [6.07, 6.45) is 2.80. The fourth-order valence-electron chi connectivity index (χ4n) is 3.83. The van der Waals surface area contributed by atoms with Crippen LogP contribution in [0.2, 0.25) is 0 Å². The van der Waals surface area contributed by atoms with Gasteiger partial charge in [0.1, 0.15) is 0 Å². The van der Waals surface area contributed by atoms with Gasteiger partial charge in [-0.15, -0.1) is 0 Å². The molecule has 2 aromatic rings. The maximum Gasteiger partial charge on any atom is 0.270 e. The summed E-state index contributed by atoms with van der Waals surface area (Å²) in [6.45, 7) is 7.92. The van der Waals surface area contributed by atoms with Crippen LogP contribution in [0.3, 0.4) is 0 Å². The summed E-state index contributed by atoms with van der Waals surface area (Å²) >= 11 is 0. The van der Waals surface area contributed by atoms with Gasteiger partial charge in [-0.1, -0.05) is 32.9 Å². The van der Waals surface area contributed by atoms with Crippen LogP contribution in [0.4, 0.5) is 17.1 Å². The molecule has 1 saturated heterocycles. The first kappa shape index (κ1) is 24.2. The van der Waals surface area contributed by atoms with Crippen LogP contribution in [0.25, 0.3) is 0 Å². The quantitative estimate of drug-likeness (QED) is 0.444. The molecule has 1 fully saturated rings. The van der Waals surface area contributed by atoms with Crippen molar-refractivity contribution < 1.29 is 14.5 Å². The molecule has 1 aliphatic heterocycles. The molecular formula is C25H32N4O4. The summed E-state index contributed by atoms with van der Waals surface area (Å²) in [5, 5.41) is 17.1. The maximum atomic E-state index is 13.1. The van der Waals surface area contributed by atoms with Gasteiger partial charge in [0.05, 0.1) is 16.2 Å². The normalized spacial score (nSPS) is 15.1. The second kappa shape index (κ2) is 10.9. The number of nitro groups is 1. The Balaban J connectivity index is 1.74. The number of nitrogens with one attached hydrogen (secondary N) is 2. The van der Waals surface area contributed by atoms with Crippen molar-refractivity contribution in [3.05, 3.63) is 63.7 Å².